The minimum atomic E-state index is -0.326. The monoisotopic (exact) mass is 400 g/mol. The van der Waals surface area contributed by atoms with E-state index in [0.29, 0.717) is 13.2 Å². The molecule has 0 saturated heterocycles. The van der Waals surface area contributed by atoms with Crippen molar-refractivity contribution in [3.05, 3.63) is 48.0 Å². The quantitative estimate of drug-likeness (QED) is 0.562. The summed E-state index contributed by atoms with van der Waals surface area (Å²) in [6.45, 7) is 8.21. The molecule has 5 nitrogen and oxygen atoms in total. The fourth-order valence-corrected chi connectivity index (χ4v) is 4.43. The van der Waals surface area contributed by atoms with Crippen molar-refractivity contribution in [1.82, 2.24) is 4.90 Å². The molecule has 1 amide bonds. The van der Waals surface area contributed by atoms with E-state index < -0.39 is 0 Å². The maximum atomic E-state index is 13.0. The number of rotatable bonds is 8. The van der Waals surface area contributed by atoms with Crippen LogP contribution in [0, 0.1) is 0 Å². The van der Waals surface area contributed by atoms with Crippen molar-refractivity contribution in [3.8, 4) is 0 Å². The Bertz CT molecular complexity index is 808. The fraction of sp³-hybridized carbons (Fsp3) is 0.409. The molecule has 3 rings (SSSR count). The molecule has 0 fully saturated rings. The third-order valence-corrected chi connectivity index (χ3v) is 5.94. The number of nitrogens with zero attached hydrogens (tertiary/aromatic N) is 2. The van der Waals surface area contributed by atoms with Gasteiger partial charge in [-0.1, -0.05) is 43.8 Å². The van der Waals surface area contributed by atoms with Gasteiger partial charge >= 0.3 is 6.09 Å². The molecule has 0 spiro atoms. The normalized spacial score (nSPS) is 12.6. The molecule has 0 N–H and O–H groups in total. The van der Waals surface area contributed by atoms with Gasteiger partial charge in [0, 0.05) is 23.4 Å². The van der Waals surface area contributed by atoms with Crippen LogP contribution in [0.2, 0.25) is 0 Å². The van der Waals surface area contributed by atoms with Gasteiger partial charge in [0.1, 0.15) is 0 Å². The Hall–Kier alpha value is -2.02. The summed E-state index contributed by atoms with van der Waals surface area (Å²) in [5, 5.41) is 0. The van der Waals surface area contributed by atoms with Gasteiger partial charge in [0.2, 0.25) is 0 Å². The van der Waals surface area contributed by atoms with Gasteiger partial charge < -0.3 is 14.4 Å². The Balaban J connectivity index is 1.77. The lowest BCUT2D eigenvalue weighted by molar-refractivity contribution is 0.148. The molecule has 0 radical (unpaired) electrons. The summed E-state index contributed by atoms with van der Waals surface area (Å²) < 4.78 is 10.9. The smallest absolute Gasteiger partial charge is 0.419 e. The van der Waals surface area contributed by atoms with E-state index in [1.165, 1.54) is 0 Å². The zero-order valence-electron chi connectivity index (χ0n) is 16.8. The first-order valence-electron chi connectivity index (χ1n) is 9.75. The van der Waals surface area contributed by atoms with E-state index in [2.05, 4.69) is 24.8 Å². The SMILES string of the molecule is CCN(CC)CCCOC(=O)N1c2ccccc2Sc2cc(COC)ccc21. The van der Waals surface area contributed by atoms with E-state index >= 15 is 0 Å². The van der Waals surface area contributed by atoms with Gasteiger partial charge in [0.15, 0.2) is 0 Å². The van der Waals surface area contributed by atoms with Crippen molar-refractivity contribution < 1.29 is 14.3 Å². The number of methoxy groups -OCH3 is 1. The zero-order valence-corrected chi connectivity index (χ0v) is 17.6. The lowest BCUT2D eigenvalue weighted by atomic mass is 10.2. The number of amides is 1. The largest absolute Gasteiger partial charge is 0.449 e. The minimum absolute atomic E-state index is 0.326. The molecule has 2 aromatic rings. The molecule has 0 bridgehead atoms. The molecule has 2 aromatic carbocycles. The van der Waals surface area contributed by atoms with E-state index in [1.807, 2.05) is 36.4 Å². The Kier molecular flexibility index (Phi) is 7.36. The molecule has 28 heavy (non-hydrogen) atoms. The molecule has 1 heterocycles. The van der Waals surface area contributed by atoms with E-state index in [-0.39, 0.29) is 6.09 Å². The van der Waals surface area contributed by atoms with Gasteiger partial charge in [-0.25, -0.2) is 9.69 Å². The molecule has 1 aliphatic heterocycles. The standard InChI is InChI=1S/C22H28N2O3S/c1-4-23(5-2)13-8-14-27-22(25)24-18-9-6-7-10-20(18)28-21-15-17(16-26-3)11-12-19(21)24/h6-7,9-12,15H,4-5,8,13-14,16H2,1-3H3. The van der Waals surface area contributed by atoms with E-state index in [4.69, 9.17) is 9.47 Å². The van der Waals surface area contributed by atoms with Crippen LogP contribution in [-0.2, 0) is 16.1 Å². The number of benzene rings is 2. The Morgan fingerprint density at radius 1 is 1.07 bits per heavy atom. The molecule has 0 saturated carbocycles. The van der Waals surface area contributed by atoms with Crippen LogP contribution in [0.5, 0.6) is 0 Å². The van der Waals surface area contributed by atoms with E-state index in [0.717, 1.165) is 52.8 Å². The summed E-state index contributed by atoms with van der Waals surface area (Å²) in [4.78, 5) is 19.1. The van der Waals surface area contributed by atoms with Crippen molar-refractivity contribution >= 4 is 29.2 Å². The Labute approximate surface area is 171 Å². The van der Waals surface area contributed by atoms with Crippen molar-refractivity contribution in [1.29, 1.82) is 0 Å². The fourth-order valence-electron chi connectivity index (χ4n) is 3.31. The summed E-state index contributed by atoms with van der Waals surface area (Å²) in [6.07, 6.45) is 0.505. The number of hydrogen-bond acceptors (Lipinski definition) is 5. The van der Waals surface area contributed by atoms with Crippen LogP contribution in [-0.4, -0.2) is 44.3 Å². The van der Waals surface area contributed by atoms with Crippen LogP contribution in [0.1, 0.15) is 25.8 Å². The van der Waals surface area contributed by atoms with Gasteiger partial charge in [0.05, 0.1) is 24.6 Å². The Morgan fingerprint density at radius 2 is 1.82 bits per heavy atom. The predicted octanol–water partition coefficient (Wildman–Crippen LogP) is 5.30. The summed E-state index contributed by atoms with van der Waals surface area (Å²) in [5.41, 5.74) is 2.81. The number of hydrogen-bond donors (Lipinski definition) is 0. The summed E-state index contributed by atoms with van der Waals surface area (Å²) >= 11 is 1.67. The number of carbonyl (C=O) groups excluding carboxylic acids is 1. The number of carbonyl (C=O) groups is 1. The van der Waals surface area contributed by atoms with E-state index in [9.17, 15) is 4.79 Å². The topological polar surface area (TPSA) is 42.0 Å². The highest BCUT2D eigenvalue weighted by atomic mass is 32.2. The average Bonchev–Trinajstić information content (AvgIpc) is 2.72. The molecular formula is C22H28N2O3S. The van der Waals surface area contributed by atoms with Crippen LogP contribution in [0.25, 0.3) is 0 Å². The molecule has 150 valence electrons. The zero-order chi connectivity index (χ0) is 19.9. The molecular weight excluding hydrogens is 372 g/mol. The summed E-state index contributed by atoms with van der Waals surface area (Å²) in [7, 11) is 1.68. The third kappa shape index (κ3) is 4.69. The predicted molar refractivity (Wildman–Crippen MR) is 114 cm³/mol. The van der Waals surface area contributed by atoms with Crippen molar-refractivity contribution in [2.24, 2.45) is 0 Å². The van der Waals surface area contributed by atoms with Crippen LogP contribution in [0.15, 0.2) is 52.3 Å². The molecule has 0 aliphatic carbocycles. The average molecular weight is 401 g/mol. The number of ether oxygens (including phenoxy) is 2. The summed E-state index contributed by atoms with van der Waals surface area (Å²) in [6, 6.07) is 14.0. The van der Waals surface area contributed by atoms with Crippen LogP contribution in [0.4, 0.5) is 16.2 Å². The van der Waals surface area contributed by atoms with Crippen LogP contribution >= 0.6 is 11.8 Å². The van der Waals surface area contributed by atoms with E-state index in [1.54, 1.807) is 23.8 Å². The van der Waals surface area contributed by atoms with Crippen LogP contribution < -0.4 is 4.90 Å². The third-order valence-electron chi connectivity index (χ3n) is 4.82. The first-order chi connectivity index (χ1) is 13.7. The van der Waals surface area contributed by atoms with Crippen molar-refractivity contribution in [2.45, 2.75) is 36.7 Å². The second-order valence-corrected chi connectivity index (χ2v) is 7.72. The maximum absolute atomic E-state index is 13.0. The van der Waals surface area contributed by atoms with Crippen molar-refractivity contribution in [3.63, 3.8) is 0 Å². The highest BCUT2D eigenvalue weighted by Crippen LogP contribution is 2.48. The van der Waals surface area contributed by atoms with Gasteiger partial charge in [-0.3, -0.25) is 0 Å². The second kappa shape index (κ2) is 9.96. The van der Waals surface area contributed by atoms with Gasteiger partial charge in [-0.05, 0) is 49.3 Å². The number of fused-ring (bicyclic) bond motifs is 2. The molecule has 0 atom stereocenters. The molecule has 1 aliphatic rings. The molecule has 0 aromatic heterocycles. The van der Waals surface area contributed by atoms with Gasteiger partial charge in [0.25, 0.3) is 0 Å². The maximum Gasteiger partial charge on any atom is 0.419 e. The number of para-hydroxylation sites is 1. The molecule has 6 heteroatoms. The highest BCUT2D eigenvalue weighted by Gasteiger charge is 2.29. The lowest BCUT2D eigenvalue weighted by Gasteiger charge is -2.30. The first kappa shape index (κ1) is 20.7. The molecule has 0 unspecified atom stereocenters. The first-order valence-corrected chi connectivity index (χ1v) is 10.6. The van der Waals surface area contributed by atoms with Crippen molar-refractivity contribution in [2.75, 3.05) is 38.3 Å². The second-order valence-electron chi connectivity index (χ2n) is 6.64. The number of anilines is 2. The van der Waals surface area contributed by atoms with Crippen LogP contribution in [0.3, 0.4) is 0 Å². The summed E-state index contributed by atoms with van der Waals surface area (Å²) in [5.74, 6) is 0. The van der Waals surface area contributed by atoms with Gasteiger partial charge in [-0.15, -0.1) is 0 Å². The minimum Gasteiger partial charge on any atom is -0.449 e. The highest BCUT2D eigenvalue weighted by molar-refractivity contribution is 7.99. The Morgan fingerprint density at radius 3 is 2.57 bits per heavy atom. The van der Waals surface area contributed by atoms with Gasteiger partial charge in [-0.2, -0.15) is 0 Å². The lowest BCUT2D eigenvalue weighted by Crippen LogP contribution is -2.30.